The van der Waals surface area contributed by atoms with Crippen LogP contribution in [0.2, 0.25) is 0 Å². The Balaban J connectivity index is 2.77. The van der Waals surface area contributed by atoms with E-state index < -0.39 is 16.0 Å². The van der Waals surface area contributed by atoms with Gasteiger partial charge in [-0.3, -0.25) is 14.3 Å². The molecule has 1 aromatic carbocycles. The van der Waals surface area contributed by atoms with Gasteiger partial charge in [-0.2, -0.15) is 0 Å². The van der Waals surface area contributed by atoms with Gasteiger partial charge in [0.05, 0.1) is 11.4 Å². The first-order valence-electron chi connectivity index (χ1n) is 6.30. The molecule has 8 heteroatoms. The van der Waals surface area contributed by atoms with Crippen molar-refractivity contribution < 1.29 is 23.1 Å². The normalized spacial score (nSPS) is 11.0. The first-order valence-corrected chi connectivity index (χ1v) is 7.95. The summed E-state index contributed by atoms with van der Waals surface area (Å²) < 4.78 is 26.0. The summed E-state index contributed by atoms with van der Waals surface area (Å²) in [7, 11) is -3.61. The molecule has 0 saturated carbocycles. The number of hydrogen-bond donors (Lipinski definition) is 3. The van der Waals surface area contributed by atoms with Crippen LogP contribution in [0.1, 0.15) is 25.3 Å². The first kappa shape index (κ1) is 17.0. The molecule has 0 fully saturated rings. The van der Waals surface area contributed by atoms with Crippen LogP contribution in [0.3, 0.4) is 0 Å². The maximum atomic E-state index is 11.8. The average molecular weight is 314 g/mol. The van der Waals surface area contributed by atoms with Gasteiger partial charge >= 0.3 is 5.97 Å². The number of carboxylic acid groups (broad SMARTS) is 1. The molecule has 1 amide bonds. The number of carbonyl (C=O) groups is 2. The highest BCUT2D eigenvalue weighted by atomic mass is 32.2. The van der Waals surface area contributed by atoms with Crippen molar-refractivity contribution in [2.24, 2.45) is 0 Å². The molecule has 0 aromatic heterocycles. The summed E-state index contributed by atoms with van der Waals surface area (Å²) in [4.78, 5) is 21.4. The monoisotopic (exact) mass is 314 g/mol. The second-order valence-corrected chi connectivity index (χ2v) is 6.47. The topological polar surface area (TPSA) is 113 Å². The smallest absolute Gasteiger partial charge is 0.303 e. The van der Waals surface area contributed by atoms with Crippen molar-refractivity contribution >= 4 is 33.3 Å². The van der Waals surface area contributed by atoms with Crippen molar-refractivity contribution in [2.45, 2.75) is 26.7 Å². The molecule has 0 aliphatic carbocycles. The molecule has 0 unspecified atom stereocenters. The Kier molecular flexibility index (Phi) is 5.71. The first-order chi connectivity index (χ1) is 9.69. The predicted octanol–water partition coefficient (Wildman–Crippen LogP) is 1.56. The van der Waals surface area contributed by atoms with E-state index in [-0.39, 0.29) is 24.5 Å². The summed E-state index contributed by atoms with van der Waals surface area (Å²) in [6.45, 7) is 3.15. The van der Waals surface area contributed by atoms with E-state index in [1.54, 1.807) is 19.1 Å². The zero-order valence-corrected chi connectivity index (χ0v) is 12.7. The lowest BCUT2D eigenvalue weighted by Gasteiger charge is -2.11. The van der Waals surface area contributed by atoms with Crippen LogP contribution in [-0.4, -0.2) is 31.2 Å². The lowest BCUT2D eigenvalue weighted by molar-refractivity contribution is -0.137. The highest BCUT2D eigenvalue weighted by Crippen LogP contribution is 2.21. The highest BCUT2D eigenvalue weighted by molar-refractivity contribution is 7.92. The standard InChI is InChI=1S/C13H18N2O5S/c1-9-5-6-11(8-12(9)14-10(2)16)15-21(19,20)7-3-4-13(17)18/h5-6,8,15H,3-4,7H2,1-2H3,(H,14,16)(H,17,18). The molecule has 0 aliphatic rings. The summed E-state index contributed by atoms with van der Waals surface area (Å²) >= 11 is 0. The molecule has 116 valence electrons. The van der Waals surface area contributed by atoms with Crippen molar-refractivity contribution in [3.05, 3.63) is 23.8 Å². The SMILES string of the molecule is CC(=O)Nc1cc(NS(=O)(=O)CCCC(=O)O)ccc1C. The van der Waals surface area contributed by atoms with Crippen LogP contribution < -0.4 is 10.0 Å². The number of rotatable bonds is 7. The Morgan fingerprint density at radius 2 is 1.95 bits per heavy atom. The molecule has 0 bridgehead atoms. The summed E-state index contributed by atoms with van der Waals surface area (Å²) in [5.41, 5.74) is 1.65. The van der Waals surface area contributed by atoms with Crippen LogP contribution in [0.15, 0.2) is 18.2 Å². The third kappa shape index (κ3) is 6.26. The van der Waals surface area contributed by atoms with E-state index in [2.05, 4.69) is 10.0 Å². The van der Waals surface area contributed by atoms with Gasteiger partial charge < -0.3 is 10.4 Å². The number of aliphatic carboxylic acids is 1. The molecule has 7 nitrogen and oxygen atoms in total. The van der Waals surface area contributed by atoms with Gasteiger partial charge in [-0.05, 0) is 31.0 Å². The van der Waals surface area contributed by atoms with E-state index >= 15 is 0 Å². The van der Waals surface area contributed by atoms with E-state index in [4.69, 9.17) is 5.11 Å². The lowest BCUT2D eigenvalue weighted by Crippen LogP contribution is -2.17. The van der Waals surface area contributed by atoms with Crippen LogP contribution in [0.5, 0.6) is 0 Å². The van der Waals surface area contributed by atoms with Crippen LogP contribution >= 0.6 is 0 Å². The number of amides is 1. The molecule has 0 atom stereocenters. The highest BCUT2D eigenvalue weighted by Gasteiger charge is 2.12. The Bertz CT molecular complexity index is 640. The number of hydrogen-bond acceptors (Lipinski definition) is 4. The van der Waals surface area contributed by atoms with Gasteiger partial charge in [0.2, 0.25) is 15.9 Å². The Morgan fingerprint density at radius 3 is 2.52 bits per heavy atom. The summed E-state index contributed by atoms with van der Waals surface area (Å²) in [5.74, 6) is -1.56. The van der Waals surface area contributed by atoms with Crippen LogP contribution in [0.4, 0.5) is 11.4 Å². The summed E-state index contributed by atoms with van der Waals surface area (Å²) in [6, 6.07) is 4.78. The van der Waals surface area contributed by atoms with Crippen LogP contribution in [0.25, 0.3) is 0 Å². The van der Waals surface area contributed by atoms with E-state index in [1.807, 2.05) is 0 Å². The zero-order valence-electron chi connectivity index (χ0n) is 11.8. The van der Waals surface area contributed by atoms with E-state index in [9.17, 15) is 18.0 Å². The molecule has 1 rings (SSSR count). The van der Waals surface area contributed by atoms with Gasteiger partial charge in [0, 0.05) is 19.0 Å². The number of anilines is 2. The summed E-state index contributed by atoms with van der Waals surface area (Å²) in [6.07, 6.45) is -0.166. The van der Waals surface area contributed by atoms with Crippen molar-refractivity contribution in [1.82, 2.24) is 0 Å². The third-order valence-corrected chi connectivity index (χ3v) is 4.00. The maximum Gasteiger partial charge on any atom is 0.303 e. The molecule has 0 radical (unpaired) electrons. The van der Waals surface area contributed by atoms with Gasteiger partial charge in [0.25, 0.3) is 0 Å². The minimum atomic E-state index is -3.61. The van der Waals surface area contributed by atoms with Crippen molar-refractivity contribution in [3.8, 4) is 0 Å². The van der Waals surface area contributed by atoms with Crippen molar-refractivity contribution in [2.75, 3.05) is 15.8 Å². The van der Waals surface area contributed by atoms with Crippen molar-refractivity contribution in [1.29, 1.82) is 0 Å². The average Bonchev–Trinajstić information content (AvgIpc) is 2.31. The fourth-order valence-electron chi connectivity index (χ4n) is 1.65. The third-order valence-electron chi connectivity index (χ3n) is 2.63. The van der Waals surface area contributed by atoms with Gasteiger partial charge in [0.15, 0.2) is 0 Å². The van der Waals surface area contributed by atoms with Crippen LogP contribution in [0, 0.1) is 6.92 Å². The number of aryl methyl sites for hydroxylation is 1. The summed E-state index contributed by atoms with van der Waals surface area (Å²) in [5, 5.41) is 11.1. The molecule has 0 heterocycles. The molecular formula is C13H18N2O5S. The van der Waals surface area contributed by atoms with E-state index in [1.165, 1.54) is 13.0 Å². The molecule has 0 saturated heterocycles. The largest absolute Gasteiger partial charge is 0.481 e. The number of carbonyl (C=O) groups excluding carboxylic acids is 1. The van der Waals surface area contributed by atoms with Gasteiger partial charge in [0.1, 0.15) is 0 Å². The molecule has 21 heavy (non-hydrogen) atoms. The number of sulfonamides is 1. The van der Waals surface area contributed by atoms with Crippen LogP contribution in [-0.2, 0) is 19.6 Å². The minimum Gasteiger partial charge on any atom is -0.481 e. The van der Waals surface area contributed by atoms with Gasteiger partial charge in [-0.15, -0.1) is 0 Å². The fourth-order valence-corrected chi connectivity index (χ4v) is 2.77. The quantitative estimate of drug-likeness (QED) is 0.707. The second kappa shape index (κ2) is 7.07. The minimum absolute atomic E-state index is 0.0368. The fraction of sp³-hybridized carbons (Fsp3) is 0.385. The Hall–Kier alpha value is -2.09. The zero-order chi connectivity index (χ0) is 16.0. The molecule has 0 spiro atoms. The van der Waals surface area contributed by atoms with Gasteiger partial charge in [-0.25, -0.2) is 8.42 Å². The molecule has 0 aliphatic heterocycles. The van der Waals surface area contributed by atoms with E-state index in [0.717, 1.165) is 5.56 Å². The van der Waals surface area contributed by atoms with Crippen molar-refractivity contribution in [3.63, 3.8) is 0 Å². The molecular weight excluding hydrogens is 296 g/mol. The Labute approximate surface area is 123 Å². The second-order valence-electron chi connectivity index (χ2n) is 4.63. The number of nitrogens with one attached hydrogen (secondary N) is 2. The Morgan fingerprint density at radius 1 is 1.29 bits per heavy atom. The van der Waals surface area contributed by atoms with Gasteiger partial charge in [-0.1, -0.05) is 6.07 Å². The molecule has 3 N–H and O–H groups in total. The predicted molar refractivity (Wildman–Crippen MR) is 79.8 cm³/mol. The maximum absolute atomic E-state index is 11.8. The molecule has 1 aromatic rings. The number of benzene rings is 1. The lowest BCUT2D eigenvalue weighted by atomic mass is 10.2. The van der Waals surface area contributed by atoms with E-state index in [0.29, 0.717) is 11.4 Å². The number of carboxylic acids is 1.